The van der Waals surface area contributed by atoms with Gasteiger partial charge in [-0.25, -0.2) is 0 Å². The second kappa shape index (κ2) is 4.86. The summed E-state index contributed by atoms with van der Waals surface area (Å²) in [6, 6.07) is 0. The van der Waals surface area contributed by atoms with Crippen molar-refractivity contribution in [3.63, 3.8) is 0 Å². The van der Waals surface area contributed by atoms with Gasteiger partial charge in [-0.2, -0.15) is 0 Å². The largest absolute Gasteiger partial charge is 0.411 e. The number of oxime groups is 1. The van der Waals surface area contributed by atoms with Crippen molar-refractivity contribution in [2.24, 2.45) is 22.4 Å². The third-order valence-corrected chi connectivity index (χ3v) is 3.95. The monoisotopic (exact) mass is 221 g/mol. The van der Waals surface area contributed by atoms with Crippen LogP contribution in [0.4, 0.5) is 0 Å². The van der Waals surface area contributed by atoms with E-state index in [1.165, 1.54) is 11.1 Å². The molecule has 0 bridgehead atoms. The second-order valence-corrected chi connectivity index (χ2v) is 5.50. The maximum absolute atomic E-state index is 8.49. The summed E-state index contributed by atoms with van der Waals surface area (Å²) in [6.45, 7) is 13.0. The second-order valence-electron chi connectivity index (χ2n) is 5.50. The summed E-state index contributed by atoms with van der Waals surface area (Å²) in [7, 11) is 0. The van der Waals surface area contributed by atoms with Crippen molar-refractivity contribution in [1.82, 2.24) is 0 Å². The van der Waals surface area contributed by atoms with Crippen LogP contribution in [-0.4, -0.2) is 11.4 Å². The van der Waals surface area contributed by atoms with Crippen LogP contribution in [0.3, 0.4) is 0 Å². The van der Waals surface area contributed by atoms with Gasteiger partial charge in [0.1, 0.15) is 0 Å². The summed E-state index contributed by atoms with van der Waals surface area (Å²) < 4.78 is 0. The molecule has 1 unspecified atom stereocenters. The van der Waals surface area contributed by atoms with Crippen LogP contribution in [0.25, 0.3) is 0 Å². The molecule has 0 spiro atoms. The molecule has 16 heavy (non-hydrogen) atoms. The fourth-order valence-electron chi connectivity index (χ4n) is 2.53. The predicted molar refractivity (Wildman–Crippen MR) is 68.8 cm³/mol. The highest BCUT2D eigenvalue weighted by molar-refractivity contribution is 5.59. The molecule has 90 valence electrons. The smallest absolute Gasteiger partial charge is 0.0467 e. The van der Waals surface area contributed by atoms with Gasteiger partial charge in [0.15, 0.2) is 0 Å². The van der Waals surface area contributed by atoms with E-state index in [4.69, 9.17) is 5.21 Å². The van der Waals surface area contributed by atoms with E-state index in [9.17, 15) is 0 Å². The van der Waals surface area contributed by atoms with Gasteiger partial charge in [-0.3, -0.25) is 0 Å². The first-order valence-corrected chi connectivity index (χ1v) is 5.92. The average molecular weight is 221 g/mol. The van der Waals surface area contributed by atoms with Crippen LogP contribution in [0.2, 0.25) is 0 Å². The standard InChI is InChI=1S/C14H23NO/c1-10(9-15-16)8-11(2)13-7-6-12(3)14(13,4)5/h6,9-10,13,16H,2,7-8H2,1,3-5H3/t10-,13?/m1/s1. The number of hydrogen-bond donors (Lipinski definition) is 1. The minimum Gasteiger partial charge on any atom is -0.411 e. The van der Waals surface area contributed by atoms with E-state index in [1.807, 2.05) is 6.92 Å². The Kier molecular flexibility index (Phi) is 3.95. The first-order chi connectivity index (χ1) is 7.39. The topological polar surface area (TPSA) is 32.6 Å². The van der Waals surface area contributed by atoms with Crippen LogP contribution in [0.1, 0.15) is 40.5 Å². The van der Waals surface area contributed by atoms with Gasteiger partial charge in [0.25, 0.3) is 0 Å². The zero-order valence-corrected chi connectivity index (χ0v) is 10.8. The van der Waals surface area contributed by atoms with Gasteiger partial charge in [-0.1, -0.05) is 44.6 Å². The lowest BCUT2D eigenvalue weighted by Gasteiger charge is -2.32. The molecular weight excluding hydrogens is 198 g/mol. The molecule has 2 nitrogen and oxygen atoms in total. The van der Waals surface area contributed by atoms with Crippen LogP contribution in [0.5, 0.6) is 0 Å². The maximum atomic E-state index is 8.49. The summed E-state index contributed by atoms with van der Waals surface area (Å²) >= 11 is 0. The molecule has 0 amide bonds. The Hall–Kier alpha value is -1.05. The SMILES string of the molecule is C=C(C[C@@H](C)C=NO)C1CC=C(C)C1(C)C. The third kappa shape index (κ3) is 2.55. The Balaban J connectivity index is 2.64. The van der Waals surface area contributed by atoms with Crippen molar-refractivity contribution in [3.8, 4) is 0 Å². The van der Waals surface area contributed by atoms with Gasteiger partial charge in [-0.15, -0.1) is 5.16 Å². The van der Waals surface area contributed by atoms with Crippen molar-refractivity contribution in [2.45, 2.75) is 40.5 Å². The Morgan fingerprint density at radius 1 is 1.75 bits per heavy atom. The van der Waals surface area contributed by atoms with Crippen molar-refractivity contribution in [1.29, 1.82) is 0 Å². The van der Waals surface area contributed by atoms with Crippen LogP contribution >= 0.6 is 0 Å². The van der Waals surface area contributed by atoms with E-state index in [2.05, 4.69) is 38.6 Å². The number of hydrogen-bond acceptors (Lipinski definition) is 2. The summed E-state index contributed by atoms with van der Waals surface area (Å²) in [5, 5.41) is 11.6. The Morgan fingerprint density at radius 3 is 2.81 bits per heavy atom. The third-order valence-electron chi connectivity index (χ3n) is 3.95. The molecule has 2 atom stereocenters. The van der Waals surface area contributed by atoms with Crippen LogP contribution in [0, 0.1) is 17.3 Å². The molecule has 0 aliphatic heterocycles. The normalized spacial score (nSPS) is 25.8. The highest BCUT2D eigenvalue weighted by atomic mass is 16.4. The van der Waals surface area contributed by atoms with Gasteiger partial charge in [0, 0.05) is 6.21 Å². The van der Waals surface area contributed by atoms with E-state index < -0.39 is 0 Å². The lowest BCUT2D eigenvalue weighted by Crippen LogP contribution is -2.22. The molecule has 0 fully saturated rings. The molecule has 1 aliphatic carbocycles. The van der Waals surface area contributed by atoms with Crippen molar-refractivity contribution >= 4 is 6.21 Å². The molecule has 0 aromatic heterocycles. The van der Waals surface area contributed by atoms with E-state index in [-0.39, 0.29) is 11.3 Å². The number of nitrogens with zero attached hydrogens (tertiary/aromatic N) is 1. The minimum atomic E-state index is 0.229. The van der Waals surface area contributed by atoms with Gasteiger partial charge >= 0.3 is 0 Å². The van der Waals surface area contributed by atoms with Crippen LogP contribution in [-0.2, 0) is 0 Å². The van der Waals surface area contributed by atoms with Gasteiger partial charge in [-0.05, 0) is 37.0 Å². The van der Waals surface area contributed by atoms with E-state index in [0.29, 0.717) is 5.92 Å². The molecular formula is C14H23NO. The lowest BCUT2D eigenvalue weighted by atomic mass is 9.73. The van der Waals surface area contributed by atoms with E-state index in [0.717, 1.165) is 12.8 Å². The minimum absolute atomic E-state index is 0.229. The first kappa shape index (κ1) is 13.0. The Bertz CT molecular complexity index is 326. The number of rotatable bonds is 4. The van der Waals surface area contributed by atoms with Gasteiger partial charge < -0.3 is 5.21 Å². The van der Waals surface area contributed by atoms with Gasteiger partial charge in [0.2, 0.25) is 0 Å². The molecule has 1 rings (SSSR count). The lowest BCUT2D eigenvalue weighted by molar-refractivity contribution is 0.315. The fourth-order valence-corrected chi connectivity index (χ4v) is 2.53. The van der Waals surface area contributed by atoms with Crippen LogP contribution < -0.4 is 0 Å². The van der Waals surface area contributed by atoms with Gasteiger partial charge in [0.05, 0.1) is 0 Å². The molecule has 0 aromatic rings. The molecule has 0 saturated carbocycles. The van der Waals surface area contributed by atoms with Crippen molar-refractivity contribution in [3.05, 3.63) is 23.8 Å². The summed E-state index contributed by atoms with van der Waals surface area (Å²) in [5.41, 5.74) is 2.96. The highest BCUT2D eigenvalue weighted by Crippen LogP contribution is 2.47. The Morgan fingerprint density at radius 2 is 2.38 bits per heavy atom. The highest BCUT2D eigenvalue weighted by Gasteiger charge is 2.36. The first-order valence-electron chi connectivity index (χ1n) is 5.92. The molecule has 0 saturated heterocycles. The Labute approximate surface area is 98.7 Å². The summed E-state index contributed by atoms with van der Waals surface area (Å²) in [5.74, 6) is 0.788. The molecule has 1 aliphatic rings. The summed E-state index contributed by atoms with van der Waals surface area (Å²) in [6.07, 6.45) is 5.90. The molecule has 0 aromatic carbocycles. The van der Waals surface area contributed by atoms with E-state index >= 15 is 0 Å². The van der Waals surface area contributed by atoms with Crippen molar-refractivity contribution < 1.29 is 5.21 Å². The molecule has 0 radical (unpaired) electrons. The average Bonchev–Trinajstić information content (AvgIpc) is 2.42. The molecule has 2 heteroatoms. The van der Waals surface area contributed by atoms with Crippen LogP contribution in [0.15, 0.2) is 29.0 Å². The quantitative estimate of drug-likeness (QED) is 0.331. The predicted octanol–water partition coefficient (Wildman–Crippen LogP) is 4.02. The zero-order chi connectivity index (χ0) is 12.3. The molecule has 1 N–H and O–H groups in total. The maximum Gasteiger partial charge on any atom is 0.0467 e. The zero-order valence-electron chi connectivity index (χ0n) is 10.8. The van der Waals surface area contributed by atoms with E-state index in [1.54, 1.807) is 6.21 Å². The fraction of sp³-hybridized carbons (Fsp3) is 0.643. The van der Waals surface area contributed by atoms with Crippen molar-refractivity contribution in [2.75, 3.05) is 0 Å². The molecule has 0 heterocycles. The summed E-state index contributed by atoms with van der Waals surface area (Å²) in [4.78, 5) is 0. The number of allylic oxidation sites excluding steroid dienone is 3.